The molecule has 0 saturated heterocycles. The first kappa shape index (κ1) is 18.8. The van der Waals surface area contributed by atoms with Crippen LogP contribution in [0.25, 0.3) is 0 Å². The average Bonchev–Trinajstić information content (AvgIpc) is 2.70. The molecule has 3 rings (SSSR count). The fourth-order valence-electron chi connectivity index (χ4n) is 4.25. The summed E-state index contributed by atoms with van der Waals surface area (Å²) in [5.41, 5.74) is 4.21. The number of hydrogen-bond donors (Lipinski definition) is 0. The summed E-state index contributed by atoms with van der Waals surface area (Å²) < 4.78 is 10.9. The van der Waals surface area contributed by atoms with Crippen molar-refractivity contribution < 1.29 is 9.47 Å². The van der Waals surface area contributed by atoms with Crippen molar-refractivity contribution in [1.29, 1.82) is 0 Å². The molecular formula is C23H31NO2. The minimum absolute atomic E-state index is 0.401. The Hall–Kier alpha value is -2.00. The normalized spacial score (nSPS) is 17.7. The van der Waals surface area contributed by atoms with Crippen molar-refractivity contribution in [3.8, 4) is 11.5 Å². The zero-order valence-corrected chi connectivity index (χ0v) is 16.5. The highest BCUT2D eigenvalue weighted by Gasteiger charge is 2.28. The third-order valence-electron chi connectivity index (χ3n) is 5.68. The van der Waals surface area contributed by atoms with Gasteiger partial charge in [0, 0.05) is 12.1 Å². The molecule has 0 unspecified atom stereocenters. The number of methoxy groups -OCH3 is 2. The summed E-state index contributed by atoms with van der Waals surface area (Å²) in [7, 11) is 3.49. The number of nitrogens with zero attached hydrogens (tertiary/aromatic N) is 1. The van der Waals surface area contributed by atoms with Gasteiger partial charge in [0.15, 0.2) is 0 Å². The van der Waals surface area contributed by atoms with Crippen LogP contribution in [0, 0.1) is 0 Å². The van der Waals surface area contributed by atoms with Gasteiger partial charge < -0.3 is 9.47 Å². The largest absolute Gasteiger partial charge is 0.497 e. The Morgan fingerprint density at radius 3 is 2.50 bits per heavy atom. The minimum Gasteiger partial charge on any atom is -0.497 e. The Kier molecular flexibility index (Phi) is 6.20. The number of ether oxygens (including phenoxy) is 2. The van der Waals surface area contributed by atoms with Crippen LogP contribution in [0.4, 0.5) is 0 Å². The number of fused-ring (bicyclic) bond motifs is 1. The first-order valence-electron chi connectivity index (χ1n) is 9.72. The summed E-state index contributed by atoms with van der Waals surface area (Å²) in [6.07, 6.45) is 4.56. The Morgan fingerprint density at radius 2 is 1.85 bits per heavy atom. The number of hydrogen-bond acceptors (Lipinski definition) is 3. The maximum atomic E-state index is 5.57. The molecule has 0 amide bonds. The quantitative estimate of drug-likeness (QED) is 0.696. The minimum atomic E-state index is 0.401. The highest BCUT2D eigenvalue weighted by molar-refractivity contribution is 5.42. The van der Waals surface area contributed by atoms with Gasteiger partial charge in [-0.05, 0) is 74.0 Å². The van der Waals surface area contributed by atoms with E-state index in [4.69, 9.17) is 9.47 Å². The molecule has 2 atom stereocenters. The van der Waals surface area contributed by atoms with Crippen LogP contribution in [0.2, 0.25) is 0 Å². The molecule has 0 aliphatic heterocycles. The molecule has 3 nitrogen and oxygen atoms in total. The van der Waals surface area contributed by atoms with Crippen LogP contribution in [-0.4, -0.2) is 31.7 Å². The predicted octanol–water partition coefficient (Wildman–Crippen LogP) is 5.03. The molecule has 0 aromatic heterocycles. The highest BCUT2D eigenvalue weighted by atomic mass is 16.5. The van der Waals surface area contributed by atoms with Crippen molar-refractivity contribution in [3.05, 3.63) is 59.2 Å². The lowest BCUT2D eigenvalue weighted by molar-refractivity contribution is 0.130. The molecule has 0 radical (unpaired) electrons. The molecular weight excluding hydrogens is 322 g/mol. The van der Waals surface area contributed by atoms with Gasteiger partial charge in [0.2, 0.25) is 0 Å². The first-order valence-corrected chi connectivity index (χ1v) is 9.72. The summed E-state index contributed by atoms with van der Waals surface area (Å²) in [6.45, 7) is 5.73. The lowest BCUT2D eigenvalue weighted by atomic mass is 9.86. The van der Waals surface area contributed by atoms with Crippen LogP contribution in [-0.2, 0) is 12.8 Å². The van der Waals surface area contributed by atoms with Crippen molar-refractivity contribution >= 4 is 0 Å². The summed E-state index contributed by atoms with van der Waals surface area (Å²) in [6, 6.07) is 16.0. The summed E-state index contributed by atoms with van der Waals surface area (Å²) in [5, 5.41) is 0. The molecule has 26 heavy (non-hydrogen) atoms. The van der Waals surface area contributed by atoms with Crippen molar-refractivity contribution in [1.82, 2.24) is 4.90 Å². The van der Waals surface area contributed by atoms with E-state index < -0.39 is 0 Å². The third-order valence-corrected chi connectivity index (χ3v) is 5.68. The van der Waals surface area contributed by atoms with Crippen LogP contribution in [0.15, 0.2) is 42.5 Å². The molecule has 2 aromatic rings. The van der Waals surface area contributed by atoms with Crippen molar-refractivity contribution in [2.75, 3.05) is 20.8 Å². The molecule has 0 N–H and O–H groups in total. The smallest absolute Gasteiger partial charge is 0.122 e. The summed E-state index contributed by atoms with van der Waals surface area (Å²) in [4.78, 5) is 2.68. The van der Waals surface area contributed by atoms with E-state index in [2.05, 4.69) is 61.2 Å². The number of rotatable bonds is 7. The fourth-order valence-corrected chi connectivity index (χ4v) is 4.25. The van der Waals surface area contributed by atoms with E-state index in [0.29, 0.717) is 12.1 Å². The third kappa shape index (κ3) is 3.88. The zero-order chi connectivity index (χ0) is 18.5. The first-order chi connectivity index (χ1) is 12.7. The Morgan fingerprint density at radius 1 is 1.08 bits per heavy atom. The topological polar surface area (TPSA) is 21.7 Å². The van der Waals surface area contributed by atoms with E-state index in [0.717, 1.165) is 30.9 Å². The molecule has 140 valence electrons. The van der Waals surface area contributed by atoms with E-state index >= 15 is 0 Å². The molecule has 0 heterocycles. The Balaban J connectivity index is 1.81. The Labute approximate surface area is 157 Å². The molecule has 0 saturated carbocycles. The van der Waals surface area contributed by atoms with Crippen molar-refractivity contribution in [2.45, 2.75) is 51.6 Å². The molecule has 0 fully saturated rings. The highest BCUT2D eigenvalue weighted by Crippen LogP contribution is 2.34. The Bertz CT molecular complexity index is 711. The van der Waals surface area contributed by atoms with Gasteiger partial charge in [-0.2, -0.15) is 0 Å². The van der Waals surface area contributed by atoms with Gasteiger partial charge in [-0.1, -0.05) is 31.2 Å². The van der Waals surface area contributed by atoms with Gasteiger partial charge in [-0.25, -0.2) is 0 Å². The second kappa shape index (κ2) is 8.59. The van der Waals surface area contributed by atoms with Crippen LogP contribution < -0.4 is 9.47 Å². The van der Waals surface area contributed by atoms with Crippen LogP contribution >= 0.6 is 0 Å². The van der Waals surface area contributed by atoms with E-state index in [1.54, 1.807) is 14.2 Å². The van der Waals surface area contributed by atoms with Crippen molar-refractivity contribution in [2.24, 2.45) is 0 Å². The summed E-state index contributed by atoms with van der Waals surface area (Å²) >= 11 is 0. The molecule has 3 heteroatoms. The molecule has 0 spiro atoms. The van der Waals surface area contributed by atoms with Crippen LogP contribution in [0.5, 0.6) is 11.5 Å². The van der Waals surface area contributed by atoms with Crippen LogP contribution in [0.1, 0.15) is 49.4 Å². The predicted molar refractivity (Wildman–Crippen MR) is 107 cm³/mol. The maximum Gasteiger partial charge on any atom is 0.122 e. The molecule has 1 aliphatic rings. The zero-order valence-electron chi connectivity index (χ0n) is 16.5. The molecule has 2 aromatic carbocycles. The summed E-state index contributed by atoms with van der Waals surface area (Å²) in [5.74, 6) is 1.97. The second-order valence-corrected chi connectivity index (χ2v) is 7.18. The maximum absolute atomic E-state index is 5.57. The van der Waals surface area contributed by atoms with E-state index in [9.17, 15) is 0 Å². The second-order valence-electron chi connectivity index (χ2n) is 7.18. The SMILES string of the molecule is CCCN([C@H]1CCc2c(cccc2OC)C1)[C@H](C)c1ccc(OC)cc1. The van der Waals surface area contributed by atoms with Gasteiger partial charge in [0.1, 0.15) is 11.5 Å². The van der Waals surface area contributed by atoms with Gasteiger partial charge in [-0.3, -0.25) is 4.90 Å². The average molecular weight is 354 g/mol. The van der Waals surface area contributed by atoms with E-state index in [-0.39, 0.29) is 0 Å². The molecule has 1 aliphatic carbocycles. The standard InChI is InChI=1S/C23H31NO2/c1-5-15-24(17(2)18-9-12-21(25-3)13-10-18)20-11-14-22-19(16-20)7-6-8-23(22)26-4/h6-10,12-13,17,20H,5,11,14-16H2,1-4H3/t17-,20+/m1/s1. The fraction of sp³-hybridized carbons (Fsp3) is 0.478. The lowest BCUT2D eigenvalue weighted by Crippen LogP contribution is -2.41. The number of benzene rings is 2. The molecule has 0 bridgehead atoms. The van der Waals surface area contributed by atoms with Gasteiger partial charge in [0.25, 0.3) is 0 Å². The van der Waals surface area contributed by atoms with Crippen LogP contribution in [0.3, 0.4) is 0 Å². The lowest BCUT2D eigenvalue weighted by Gasteiger charge is -2.39. The van der Waals surface area contributed by atoms with E-state index in [1.807, 2.05) is 0 Å². The van der Waals surface area contributed by atoms with Gasteiger partial charge in [0.05, 0.1) is 14.2 Å². The van der Waals surface area contributed by atoms with Gasteiger partial charge >= 0.3 is 0 Å². The van der Waals surface area contributed by atoms with E-state index in [1.165, 1.54) is 29.5 Å². The van der Waals surface area contributed by atoms with Gasteiger partial charge in [-0.15, -0.1) is 0 Å². The van der Waals surface area contributed by atoms with Crippen molar-refractivity contribution in [3.63, 3.8) is 0 Å². The monoisotopic (exact) mass is 353 g/mol.